The molecule has 1 aromatic carbocycles. The molecule has 0 heterocycles. The van der Waals surface area contributed by atoms with Crippen molar-refractivity contribution in [3.63, 3.8) is 0 Å². The molecule has 1 N–H and O–H groups in total. The zero-order valence-electron chi connectivity index (χ0n) is 12.2. The van der Waals surface area contributed by atoms with E-state index in [4.69, 9.17) is 4.74 Å². The minimum absolute atomic E-state index is 0.0366. The third-order valence-electron chi connectivity index (χ3n) is 5.05. The number of hydrogen-bond donors (Lipinski definition) is 1. The SMILES string of the molecule is OC1CCC(c2ccccc2)CC1OCC1CCCC1. The lowest BCUT2D eigenvalue weighted by Gasteiger charge is -2.34. The molecule has 0 bridgehead atoms. The zero-order valence-corrected chi connectivity index (χ0v) is 12.2. The topological polar surface area (TPSA) is 29.5 Å². The molecule has 20 heavy (non-hydrogen) atoms. The van der Waals surface area contributed by atoms with Crippen molar-refractivity contribution in [3.05, 3.63) is 35.9 Å². The van der Waals surface area contributed by atoms with E-state index in [1.54, 1.807) is 0 Å². The van der Waals surface area contributed by atoms with Gasteiger partial charge in [-0.2, -0.15) is 0 Å². The third kappa shape index (κ3) is 3.42. The molecular weight excluding hydrogens is 248 g/mol. The highest BCUT2D eigenvalue weighted by Gasteiger charge is 2.31. The molecule has 2 aliphatic carbocycles. The van der Waals surface area contributed by atoms with Crippen molar-refractivity contribution in [2.24, 2.45) is 5.92 Å². The van der Waals surface area contributed by atoms with E-state index in [2.05, 4.69) is 30.3 Å². The van der Waals surface area contributed by atoms with Gasteiger partial charge in [0, 0.05) is 6.61 Å². The van der Waals surface area contributed by atoms with Crippen molar-refractivity contribution in [1.82, 2.24) is 0 Å². The molecule has 0 saturated heterocycles. The lowest BCUT2D eigenvalue weighted by Crippen LogP contribution is -2.36. The van der Waals surface area contributed by atoms with Crippen molar-refractivity contribution < 1.29 is 9.84 Å². The van der Waals surface area contributed by atoms with Crippen molar-refractivity contribution in [1.29, 1.82) is 0 Å². The van der Waals surface area contributed by atoms with Gasteiger partial charge in [-0.1, -0.05) is 43.2 Å². The number of benzene rings is 1. The van der Waals surface area contributed by atoms with Crippen LogP contribution < -0.4 is 0 Å². The molecule has 3 unspecified atom stereocenters. The summed E-state index contributed by atoms with van der Waals surface area (Å²) in [5, 5.41) is 10.2. The van der Waals surface area contributed by atoms with Crippen LogP contribution in [0.5, 0.6) is 0 Å². The van der Waals surface area contributed by atoms with Crippen LogP contribution in [0.15, 0.2) is 30.3 Å². The number of ether oxygens (including phenoxy) is 1. The van der Waals surface area contributed by atoms with E-state index >= 15 is 0 Å². The highest BCUT2D eigenvalue weighted by Crippen LogP contribution is 2.35. The van der Waals surface area contributed by atoms with Gasteiger partial charge in [-0.25, -0.2) is 0 Å². The van der Waals surface area contributed by atoms with E-state index in [0.29, 0.717) is 5.92 Å². The Morgan fingerprint density at radius 3 is 2.50 bits per heavy atom. The van der Waals surface area contributed by atoms with Gasteiger partial charge in [0.25, 0.3) is 0 Å². The van der Waals surface area contributed by atoms with Gasteiger partial charge in [-0.15, -0.1) is 0 Å². The maximum absolute atomic E-state index is 10.2. The highest BCUT2D eigenvalue weighted by molar-refractivity contribution is 5.20. The maximum Gasteiger partial charge on any atom is 0.0839 e. The summed E-state index contributed by atoms with van der Waals surface area (Å²) in [6.07, 6.45) is 8.02. The third-order valence-corrected chi connectivity index (χ3v) is 5.05. The van der Waals surface area contributed by atoms with Crippen molar-refractivity contribution in [2.75, 3.05) is 6.61 Å². The molecule has 2 aliphatic rings. The lowest BCUT2D eigenvalue weighted by atomic mass is 9.81. The number of hydrogen-bond acceptors (Lipinski definition) is 2. The summed E-state index contributed by atoms with van der Waals surface area (Å²) in [7, 11) is 0. The Labute approximate surface area is 122 Å². The van der Waals surface area contributed by atoms with Gasteiger partial charge >= 0.3 is 0 Å². The fourth-order valence-corrected chi connectivity index (χ4v) is 3.76. The summed E-state index contributed by atoms with van der Waals surface area (Å²) in [5.41, 5.74) is 1.40. The molecular formula is C18H26O2. The van der Waals surface area contributed by atoms with Crippen LogP contribution in [-0.2, 0) is 4.74 Å². The molecule has 3 atom stereocenters. The Kier molecular flexibility index (Phi) is 4.74. The Balaban J connectivity index is 1.55. The fourth-order valence-electron chi connectivity index (χ4n) is 3.76. The van der Waals surface area contributed by atoms with Gasteiger partial charge in [0.2, 0.25) is 0 Å². The molecule has 2 nitrogen and oxygen atoms in total. The van der Waals surface area contributed by atoms with Crippen LogP contribution in [0.2, 0.25) is 0 Å². The Bertz CT molecular complexity index is 397. The van der Waals surface area contributed by atoms with E-state index < -0.39 is 0 Å². The molecule has 0 spiro atoms. The van der Waals surface area contributed by atoms with Crippen LogP contribution in [-0.4, -0.2) is 23.9 Å². The summed E-state index contributed by atoms with van der Waals surface area (Å²) >= 11 is 0. The molecule has 3 rings (SSSR count). The summed E-state index contributed by atoms with van der Waals surface area (Å²) < 4.78 is 6.08. The second-order valence-corrected chi connectivity index (χ2v) is 6.51. The second kappa shape index (κ2) is 6.73. The number of aliphatic hydroxyl groups is 1. The first-order valence-corrected chi connectivity index (χ1v) is 8.17. The van der Waals surface area contributed by atoms with Gasteiger partial charge in [0.05, 0.1) is 12.2 Å². The summed E-state index contributed by atoms with van der Waals surface area (Å²) in [6.45, 7) is 0.850. The van der Waals surface area contributed by atoms with Crippen molar-refractivity contribution >= 4 is 0 Å². The van der Waals surface area contributed by atoms with E-state index in [1.165, 1.54) is 31.2 Å². The van der Waals surface area contributed by atoms with Crippen molar-refractivity contribution in [2.45, 2.75) is 63.1 Å². The lowest BCUT2D eigenvalue weighted by molar-refractivity contribution is -0.0728. The highest BCUT2D eigenvalue weighted by atomic mass is 16.5. The van der Waals surface area contributed by atoms with Crippen molar-refractivity contribution in [3.8, 4) is 0 Å². The van der Waals surface area contributed by atoms with Crippen LogP contribution >= 0.6 is 0 Å². The maximum atomic E-state index is 10.2. The minimum atomic E-state index is -0.267. The Morgan fingerprint density at radius 1 is 1.00 bits per heavy atom. The predicted octanol–water partition coefficient (Wildman–Crippen LogP) is 3.89. The van der Waals surface area contributed by atoms with Gasteiger partial charge in [0.1, 0.15) is 0 Å². The van der Waals surface area contributed by atoms with Gasteiger partial charge in [-0.3, -0.25) is 0 Å². The first-order chi connectivity index (χ1) is 9.83. The monoisotopic (exact) mass is 274 g/mol. The Hall–Kier alpha value is -0.860. The van der Waals surface area contributed by atoms with E-state index in [1.807, 2.05) is 0 Å². The van der Waals surface area contributed by atoms with E-state index in [9.17, 15) is 5.11 Å². The molecule has 0 aromatic heterocycles. The normalized spacial score (nSPS) is 31.6. The van der Waals surface area contributed by atoms with Gasteiger partial charge in [-0.05, 0) is 49.5 Å². The largest absolute Gasteiger partial charge is 0.390 e. The predicted molar refractivity (Wildman–Crippen MR) is 80.7 cm³/mol. The van der Waals surface area contributed by atoms with Gasteiger partial charge < -0.3 is 9.84 Å². The van der Waals surface area contributed by atoms with Gasteiger partial charge in [0.15, 0.2) is 0 Å². The Morgan fingerprint density at radius 2 is 1.75 bits per heavy atom. The first-order valence-electron chi connectivity index (χ1n) is 8.17. The molecule has 0 radical (unpaired) electrons. The zero-order chi connectivity index (χ0) is 13.8. The van der Waals surface area contributed by atoms with Crippen LogP contribution in [0.4, 0.5) is 0 Å². The standard InChI is InChI=1S/C18H26O2/c19-17-11-10-16(15-8-2-1-3-9-15)12-18(17)20-13-14-6-4-5-7-14/h1-3,8-9,14,16-19H,4-7,10-13H2. The molecule has 2 fully saturated rings. The average molecular weight is 274 g/mol. The molecule has 2 saturated carbocycles. The minimum Gasteiger partial charge on any atom is -0.390 e. The van der Waals surface area contributed by atoms with Crippen LogP contribution in [0.1, 0.15) is 56.4 Å². The summed E-state index contributed by atoms with van der Waals surface area (Å²) in [5.74, 6) is 1.28. The summed E-state index contributed by atoms with van der Waals surface area (Å²) in [4.78, 5) is 0. The summed E-state index contributed by atoms with van der Waals surface area (Å²) in [6, 6.07) is 10.7. The van der Waals surface area contributed by atoms with E-state index in [0.717, 1.165) is 31.8 Å². The molecule has 0 amide bonds. The fraction of sp³-hybridized carbons (Fsp3) is 0.667. The second-order valence-electron chi connectivity index (χ2n) is 6.51. The quantitative estimate of drug-likeness (QED) is 0.902. The first kappa shape index (κ1) is 14.1. The number of aliphatic hydroxyl groups excluding tert-OH is 1. The van der Waals surface area contributed by atoms with Crippen LogP contribution in [0.3, 0.4) is 0 Å². The van der Waals surface area contributed by atoms with E-state index in [-0.39, 0.29) is 12.2 Å². The molecule has 0 aliphatic heterocycles. The van der Waals surface area contributed by atoms with Crippen LogP contribution in [0.25, 0.3) is 0 Å². The van der Waals surface area contributed by atoms with Crippen LogP contribution in [0, 0.1) is 5.92 Å². The smallest absolute Gasteiger partial charge is 0.0839 e. The number of rotatable bonds is 4. The average Bonchev–Trinajstić information content (AvgIpc) is 3.01. The molecule has 2 heteroatoms. The molecule has 1 aromatic rings. The molecule has 110 valence electrons.